The van der Waals surface area contributed by atoms with Crippen LogP contribution in [0.5, 0.6) is 0 Å². The molecule has 2 rings (SSSR count). The first-order chi connectivity index (χ1) is 9.00. The van der Waals surface area contributed by atoms with Gasteiger partial charge in [0, 0.05) is 25.9 Å². The molecule has 0 amide bonds. The van der Waals surface area contributed by atoms with Crippen LogP contribution in [0.3, 0.4) is 0 Å². The molecule has 5 nitrogen and oxygen atoms in total. The number of rotatable bonds is 5. The lowest BCUT2D eigenvalue weighted by molar-refractivity contribution is 0.0879. The molecule has 1 aromatic rings. The number of ketones is 1. The Bertz CT molecular complexity index is 529. The van der Waals surface area contributed by atoms with E-state index in [4.69, 9.17) is 0 Å². The fraction of sp³-hybridized carbons (Fsp3) is 0.429. The molecule has 0 bridgehead atoms. The molecule has 1 aliphatic rings. The van der Waals surface area contributed by atoms with Gasteiger partial charge in [0.15, 0.2) is 0 Å². The summed E-state index contributed by atoms with van der Waals surface area (Å²) in [7, 11) is 5.88. The minimum absolute atomic E-state index is 0.112. The predicted octanol–water partition coefficient (Wildman–Crippen LogP) is 1.09. The molecule has 1 aromatic heterocycles. The van der Waals surface area contributed by atoms with Crippen molar-refractivity contribution in [3.05, 3.63) is 35.8 Å². The summed E-state index contributed by atoms with van der Waals surface area (Å²) in [5, 5.41) is 0. The molecule has 2 heterocycles. The number of aromatic nitrogens is 1. The van der Waals surface area contributed by atoms with Gasteiger partial charge in [-0.3, -0.25) is 14.2 Å². The van der Waals surface area contributed by atoms with Crippen molar-refractivity contribution in [2.75, 3.05) is 34.2 Å². The summed E-state index contributed by atoms with van der Waals surface area (Å²) in [5.41, 5.74) is 0.905. The molecule has 19 heavy (non-hydrogen) atoms. The zero-order chi connectivity index (χ0) is 14.0. The molecule has 1 aliphatic heterocycles. The molecule has 0 aliphatic carbocycles. The molecule has 5 heteroatoms. The molecule has 0 N–H and O–H groups in total. The van der Waals surface area contributed by atoms with Gasteiger partial charge in [0.05, 0.1) is 5.69 Å². The molecule has 0 radical (unpaired) electrons. The van der Waals surface area contributed by atoms with Crippen molar-refractivity contribution >= 4 is 11.7 Å². The van der Waals surface area contributed by atoms with Crippen LogP contribution in [0.25, 0.3) is 0 Å². The molecule has 0 atom stereocenters. The van der Waals surface area contributed by atoms with Gasteiger partial charge < -0.3 is 9.80 Å². The predicted molar refractivity (Wildman–Crippen MR) is 73.3 cm³/mol. The monoisotopic (exact) mass is 261 g/mol. The number of carbonyl (C=O) groups is 2. The second kappa shape index (κ2) is 5.40. The Labute approximate surface area is 113 Å². The minimum Gasteiger partial charge on any atom is -0.370 e. The number of carbonyl (C=O) groups excluding carboxylic acids is 2. The summed E-state index contributed by atoms with van der Waals surface area (Å²) < 4.78 is 1.42. The van der Waals surface area contributed by atoms with Gasteiger partial charge in [-0.1, -0.05) is 0 Å². The van der Waals surface area contributed by atoms with E-state index in [9.17, 15) is 9.59 Å². The lowest BCUT2D eigenvalue weighted by atomic mass is 10.1. The number of hydrogen-bond donors (Lipinski definition) is 0. The van der Waals surface area contributed by atoms with Crippen LogP contribution >= 0.6 is 0 Å². The van der Waals surface area contributed by atoms with Crippen molar-refractivity contribution in [1.82, 2.24) is 14.4 Å². The standard InChI is InChI=1S/C14H19N3O2/c1-15(2)7-5-8-16(3)12-10-13(18)11-6-4-9-17(11)14(12)19/h4,6,9-10H,5,7-8H2,1-3H3. The van der Waals surface area contributed by atoms with Gasteiger partial charge in [-0.2, -0.15) is 0 Å². The Morgan fingerprint density at radius 1 is 1.16 bits per heavy atom. The fourth-order valence-corrected chi connectivity index (χ4v) is 2.16. The van der Waals surface area contributed by atoms with Gasteiger partial charge in [-0.05, 0) is 39.2 Å². The van der Waals surface area contributed by atoms with E-state index in [-0.39, 0.29) is 11.7 Å². The third kappa shape index (κ3) is 2.76. The van der Waals surface area contributed by atoms with E-state index < -0.39 is 0 Å². The molecule has 0 fully saturated rings. The molecular formula is C14H19N3O2. The average Bonchev–Trinajstić information content (AvgIpc) is 2.83. The van der Waals surface area contributed by atoms with E-state index in [0.29, 0.717) is 11.4 Å². The van der Waals surface area contributed by atoms with Crippen molar-refractivity contribution in [3.63, 3.8) is 0 Å². The highest BCUT2D eigenvalue weighted by Crippen LogP contribution is 2.17. The SMILES string of the molecule is CN(C)CCCN(C)C1=CC(=O)c2cccn2C1=O. The highest BCUT2D eigenvalue weighted by Gasteiger charge is 2.26. The van der Waals surface area contributed by atoms with E-state index in [2.05, 4.69) is 4.90 Å². The Morgan fingerprint density at radius 2 is 1.89 bits per heavy atom. The molecular weight excluding hydrogens is 242 g/mol. The topological polar surface area (TPSA) is 45.5 Å². The zero-order valence-electron chi connectivity index (χ0n) is 11.6. The van der Waals surface area contributed by atoms with Crippen molar-refractivity contribution < 1.29 is 9.59 Å². The first-order valence-corrected chi connectivity index (χ1v) is 6.34. The maximum Gasteiger partial charge on any atom is 0.278 e. The quantitative estimate of drug-likeness (QED) is 0.796. The van der Waals surface area contributed by atoms with Crippen LogP contribution in [0.15, 0.2) is 30.1 Å². The number of fused-ring (bicyclic) bond motifs is 1. The third-order valence-electron chi connectivity index (χ3n) is 3.22. The van der Waals surface area contributed by atoms with Gasteiger partial charge in [0.1, 0.15) is 5.70 Å². The summed E-state index contributed by atoms with van der Waals surface area (Å²) >= 11 is 0. The van der Waals surface area contributed by atoms with E-state index in [1.54, 1.807) is 18.3 Å². The Hall–Kier alpha value is -1.88. The summed E-state index contributed by atoms with van der Waals surface area (Å²) in [6.07, 6.45) is 4.02. The van der Waals surface area contributed by atoms with E-state index >= 15 is 0 Å². The van der Waals surface area contributed by atoms with E-state index in [1.165, 1.54) is 10.6 Å². The number of allylic oxidation sites excluding steroid dienone is 2. The van der Waals surface area contributed by atoms with Gasteiger partial charge in [0.2, 0.25) is 5.78 Å². The Balaban J connectivity index is 2.08. The molecule has 0 saturated carbocycles. The lowest BCUT2D eigenvalue weighted by Gasteiger charge is -2.25. The van der Waals surface area contributed by atoms with Gasteiger partial charge in [0.25, 0.3) is 5.91 Å². The fourth-order valence-electron chi connectivity index (χ4n) is 2.16. The number of nitrogens with zero attached hydrogens (tertiary/aromatic N) is 3. The van der Waals surface area contributed by atoms with Gasteiger partial charge >= 0.3 is 0 Å². The highest BCUT2D eigenvalue weighted by molar-refractivity contribution is 6.15. The van der Waals surface area contributed by atoms with Crippen molar-refractivity contribution in [2.45, 2.75) is 6.42 Å². The maximum atomic E-state index is 12.3. The largest absolute Gasteiger partial charge is 0.370 e. The molecule has 0 aromatic carbocycles. The van der Waals surface area contributed by atoms with Crippen molar-refractivity contribution in [1.29, 1.82) is 0 Å². The minimum atomic E-state index is -0.132. The normalized spacial score (nSPS) is 14.6. The van der Waals surface area contributed by atoms with Crippen molar-refractivity contribution in [2.24, 2.45) is 0 Å². The van der Waals surface area contributed by atoms with Crippen LogP contribution in [0, 0.1) is 0 Å². The van der Waals surface area contributed by atoms with Crippen LogP contribution in [-0.2, 0) is 0 Å². The molecule has 0 unspecified atom stereocenters. The zero-order valence-corrected chi connectivity index (χ0v) is 11.6. The second-order valence-corrected chi connectivity index (χ2v) is 5.04. The number of likely N-dealkylation sites (N-methyl/N-ethyl adjacent to an activating group) is 1. The second-order valence-electron chi connectivity index (χ2n) is 5.04. The molecule has 0 spiro atoms. The first kappa shape index (κ1) is 13.5. The molecule has 0 saturated heterocycles. The first-order valence-electron chi connectivity index (χ1n) is 6.34. The summed E-state index contributed by atoms with van der Waals surface area (Å²) in [4.78, 5) is 28.1. The smallest absolute Gasteiger partial charge is 0.278 e. The summed E-state index contributed by atoms with van der Waals surface area (Å²) in [6.45, 7) is 1.70. The van der Waals surface area contributed by atoms with E-state index in [0.717, 1.165) is 19.5 Å². The average molecular weight is 261 g/mol. The summed E-state index contributed by atoms with van der Waals surface area (Å²) in [6, 6.07) is 3.38. The Morgan fingerprint density at radius 3 is 2.58 bits per heavy atom. The maximum absolute atomic E-state index is 12.3. The molecule has 102 valence electrons. The van der Waals surface area contributed by atoms with Crippen LogP contribution < -0.4 is 0 Å². The lowest BCUT2D eigenvalue weighted by Crippen LogP contribution is -2.33. The van der Waals surface area contributed by atoms with Gasteiger partial charge in [-0.15, -0.1) is 0 Å². The van der Waals surface area contributed by atoms with Crippen LogP contribution in [0.1, 0.15) is 21.7 Å². The third-order valence-corrected chi connectivity index (χ3v) is 3.22. The van der Waals surface area contributed by atoms with Crippen LogP contribution in [-0.4, -0.2) is 60.3 Å². The highest BCUT2D eigenvalue weighted by atomic mass is 16.2. The van der Waals surface area contributed by atoms with E-state index in [1.807, 2.05) is 26.0 Å². The van der Waals surface area contributed by atoms with Crippen LogP contribution in [0.4, 0.5) is 0 Å². The summed E-state index contributed by atoms with van der Waals surface area (Å²) in [5.74, 6) is -0.244. The number of hydrogen-bond acceptors (Lipinski definition) is 4. The van der Waals surface area contributed by atoms with Crippen LogP contribution in [0.2, 0.25) is 0 Å². The van der Waals surface area contributed by atoms with Gasteiger partial charge in [-0.25, -0.2) is 0 Å². The Kier molecular flexibility index (Phi) is 3.85. The van der Waals surface area contributed by atoms with Crippen molar-refractivity contribution in [3.8, 4) is 0 Å².